The van der Waals surface area contributed by atoms with Crippen LogP contribution in [-0.2, 0) is 14.6 Å². The van der Waals surface area contributed by atoms with Crippen LogP contribution in [0.4, 0.5) is 0 Å². The first kappa shape index (κ1) is 16.1. The maximum absolute atomic E-state index is 11.9. The molecular weight excluding hydrogens is 341 g/mol. The van der Waals surface area contributed by atoms with Crippen LogP contribution in [0.5, 0.6) is 0 Å². The van der Waals surface area contributed by atoms with Crippen molar-refractivity contribution in [2.24, 2.45) is 5.92 Å². The van der Waals surface area contributed by atoms with Gasteiger partial charge in [0, 0.05) is 16.7 Å². The molecule has 0 aromatic rings. The molecule has 0 aromatic heterocycles. The van der Waals surface area contributed by atoms with E-state index in [1.165, 1.54) is 13.8 Å². The fourth-order valence-electron chi connectivity index (χ4n) is 0.894. The Labute approximate surface area is 112 Å². The number of hydrogen-bond acceptors (Lipinski definition) is 3. The number of sulfone groups is 1. The second kappa shape index (κ2) is 5.66. The number of amides is 1. The lowest BCUT2D eigenvalue weighted by molar-refractivity contribution is -0.123. The Hall–Kier alpha value is 0.150. The van der Waals surface area contributed by atoms with Gasteiger partial charge in [-0.3, -0.25) is 4.79 Å². The lowest BCUT2D eigenvalue weighted by Crippen LogP contribution is -2.52. The highest BCUT2D eigenvalue weighted by molar-refractivity contribution is 14.1. The van der Waals surface area contributed by atoms with Crippen molar-refractivity contribution in [3.63, 3.8) is 0 Å². The number of carbonyl (C=O) groups excluding carboxylic acids is 1. The summed E-state index contributed by atoms with van der Waals surface area (Å²) in [7, 11) is -3.40. The molecule has 4 nitrogen and oxygen atoms in total. The number of hydrogen-bond donors (Lipinski definition) is 1. The van der Waals surface area contributed by atoms with E-state index in [9.17, 15) is 13.2 Å². The Morgan fingerprint density at radius 1 is 1.38 bits per heavy atom. The third-order valence-corrected chi connectivity index (χ3v) is 5.75. The summed E-state index contributed by atoms with van der Waals surface area (Å²) in [6.07, 6.45) is 1.08. The topological polar surface area (TPSA) is 63.2 Å². The van der Waals surface area contributed by atoms with Gasteiger partial charge in [0.05, 0.1) is 0 Å². The maximum atomic E-state index is 11.9. The minimum atomic E-state index is -3.40. The molecule has 6 heteroatoms. The predicted molar refractivity (Wildman–Crippen MR) is 74.6 cm³/mol. The molecule has 0 aliphatic rings. The van der Waals surface area contributed by atoms with E-state index in [2.05, 4.69) is 27.9 Å². The predicted octanol–water partition coefficient (Wildman–Crippen LogP) is 1.39. The zero-order chi connectivity index (χ0) is 13.1. The standard InChI is InChI=1S/C10H20INO3S/c1-7(2)8(6-11)12-9(13)10(3,4)16(5,14)15/h7-8H,6H2,1-5H3,(H,12,13). The third kappa shape index (κ3) is 3.87. The normalized spacial score (nSPS) is 14.9. The highest BCUT2D eigenvalue weighted by Gasteiger charge is 2.39. The van der Waals surface area contributed by atoms with Gasteiger partial charge in [0.25, 0.3) is 0 Å². The Bertz CT molecular complexity index is 349. The van der Waals surface area contributed by atoms with Crippen LogP contribution in [0.25, 0.3) is 0 Å². The summed E-state index contributed by atoms with van der Waals surface area (Å²) < 4.78 is 22.3. The van der Waals surface area contributed by atoms with E-state index in [1.807, 2.05) is 13.8 Å². The van der Waals surface area contributed by atoms with Crippen molar-refractivity contribution >= 4 is 38.3 Å². The van der Waals surface area contributed by atoms with Crippen LogP contribution >= 0.6 is 22.6 Å². The summed E-state index contributed by atoms with van der Waals surface area (Å²) in [5.41, 5.74) is 0. The van der Waals surface area contributed by atoms with Crippen LogP contribution in [0.2, 0.25) is 0 Å². The fraction of sp³-hybridized carbons (Fsp3) is 0.900. The van der Waals surface area contributed by atoms with Gasteiger partial charge in [-0.1, -0.05) is 36.4 Å². The summed E-state index contributed by atoms with van der Waals surface area (Å²) in [6, 6.07) is 0.00845. The smallest absolute Gasteiger partial charge is 0.241 e. The number of rotatable bonds is 5. The molecule has 1 atom stereocenters. The first-order chi connectivity index (χ1) is 7.04. The lowest BCUT2D eigenvalue weighted by atomic mass is 10.1. The molecule has 0 saturated carbocycles. The second-order valence-corrected chi connectivity index (χ2v) is 8.21. The van der Waals surface area contributed by atoms with Crippen molar-refractivity contribution in [2.75, 3.05) is 10.7 Å². The van der Waals surface area contributed by atoms with Crippen LogP contribution in [-0.4, -0.2) is 35.8 Å². The fourth-order valence-corrected chi connectivity index (χ4v) is 2.53. The SMILES string of the molecule is CC(C)C(CI)NC(=O)C(C)(C)S(C)(=O)=O. The highest BCUT2D eigenvalue weighted by atomic mass is 127. The highest BCUT2D eigenvalue weighted by Crippen LogP contribution is 2.16. The molecule has 0 saturated heterocycles. The summed E-state index contributed by atoms with van der Waals surface area (Å²) in [5, 5.41) is 2.79. The molecule has 0 bridgehead atoms. The van der Waals surface area contributed by atoms with Crippen LogP contribution < -0.4 is 5.32 Å². The van der Waals surface area contributed by atoms with Gasteiger partial charge in [0.2, 0.25) is 5.91 Å². The first-order valence-electron chi connectivity index (χ1n) is 5.10. The van der Waals surface area contributed by atoms with E-state index in [-0.39, 0.29) is 12.0 Å². The van der Waals surface area contributed by atoms with E-state index >= 15 is 0 Å². The number of alkyl halides is 1. The average molecular weight is 361 g/mol. The molecule has 0 heterocycles. The zero-order valence-electron chi connectivity index (χ0n) is 10.4. The molecular formula is C10H20INO3S. The summed E-state index contributed by atoms with van der Waals surface area (Å²) in [4.78, 5) is 11.9. The van der Waals surface area contributed by atoms with E-state index in [4.69, 9.17) is 0 Å². The summed E-state index contributed by atoms with van der Waals surface area (Å²) in [6.45, 7) is 6.86. The molecule has 1 amide bonds. The van der Waals surface area contributed by atoms with E-state index in [1.54, 1.807) is 0 Å². The molecule has 1 N–H and O–H groups in total. The van der Waals surface area contributed by atoms with Crippen molar-refractivity contribution in [1.82, 2.24) is 5.32 Å². The Morgan fingerprint density at radius 3 is 2.06 bits per heavy atom. The third-order valence-electron chi connectivity index (χ3n) is 2.76. The van der Waals surface area contributed by atoms with Gasteiger partial charge in [-0.2, -0.15) is 0 Å². The Kier molecular flexibility index (Phi) is 5.71. The molecule has 1 unspecified atom stereocenters. The van der Waals surface area contributed by atoms with Gasteiger partial charge in [-0.25, -0.2) is 8.42 Å². The molecule has 96 valence electrons. The average Bonchev–Trinajstić information content (AvgIpc) is 2.11. The number of halogens is 1. The first-order valence-corrected chi connectivity index (χ1v) is 8.52. The molecule has 0 radical (unpaired) electrons. The van der Waals surface area contributed by atoms with Crippen LogP contribution in [0.3, 0.4) is 0 Å². The van der Waals surface area contributed by atoms with E-state index in [0.29, 0.717) is 0 Å². The minimum Gasteiger partial charge on any atom is -0.351 e. The zero-order valence-corrected chi connectivity index (χ0v) is 13.3. The Morgan fingerprint density at radius 2 is 1.81 bits per heavy atom. The van der Waals surface area contributed by atoms with E-state index < -0.39 is 20.5 Å². The van der Waals surface area contributed by atoms with Gasteiger partial charge in [-0.15, -0.1) is 0 Å². The molecule has 16 heavy (non-hydrogen) atoms. The molecule has 0 aliphatic carbocycles. The van der Waals surface area contributed by atoms with Crippen molar-refractivity contribution in [1.29, 1.82) is 0 Å². The minimum absolute atomic E-state index is 0.00845. The van der Waals surface area contributed by atoms with Gasteiger partial charge in [-0.05, 0) is 19.8 Å². The van der Waals surface area contributed by atoms with Gasteiger partial charge < -0.3 is 5.32 Å². The summed E-state index contributed by atoms with van der Waals surface area (Å²) >= 11 is 2.18. The van der Waals surface area contributed by atoms with Crippen LogP contribution in [0, 0.1) is 5.92 Å². The van der Waals surface area contributed by atoms with Crippen LogP contribution in [0.1, 0.15) is 27.7 Å². The molecule has 0 aromatic carbocycles. The van der Waals surface area contributed by atoms with Crippen molar-refractivity contribution < 1.29 is 13.2 Å². The van der Waals surface area contributed by atoms with Crippen molar-refractivity contribution in [3.05, 3.63) is 0 Å². The largest absolute Gasteiger partial charge is 0.351 e. The number of carbonyl (C=O) groups is 1. The van der Waals surface area contributed by atoms with Crippen molar-refractivity contribution in [3.8, 4) is 0 Å². The van der Waals surface area contributed by atoms with Gasteiger partial charge >= 0.3 is 0 Å². The number of nitrogens with one attached hydrogen (secondary N) is 1. The molecule has 0 fully saturated rings. The second-order valence-electron chi connectivity index (χ2n) is 4.76. The lowest BCUT2D eigenvalue weighted by Gasteiger charge is -2.27. The van der Waals surface area contributed by atoms with Crippen molar-refractivity contribution in [2.45, 2.75) is 38.5 Å². The van der Waals surface area contributed by atoms with Crippen LogP contribution in [0.15, 0.2) is 0 Å². The Balaban J connectivity index is 4.84. The van der Waals surface area contributed by atoms with Gasteiger partial charge in [0.15, 0.2) is 9.84 Å². The van der Waals surface area contributed by atoms with Gasteiger partial charge in [0.1, 0.15) is 4.75 Å². The molecule has 0 aliphatic heterocycles. The quantitative estimate of drug-likeness (QED) is 0.595. The van der Waals surface area contributed by atoms with E-state index in [0.717, 1.165) is 10.7 Å². The monoisotopic (exact) mass is 361 g/mol. The molecule has 0 rings (SSSR count). The molecule has 0 spiro atoms. The maximum Gasteiger partial charge on any atom is 0.241 e. The summed E-state index contributed by atoms with van der Waals surface area (Å²) in [5.74, 6) is -0.137.